The molecule has 1 atom stereocenters. The van der Waals surface area contributed by atoms with Crippen LogP contribution in [0.3, 0.4) is 0 Å². The predicted molar refractivity (Wildman–Crippen MR) is 101 cm³/mol. The van der Waals surface area contributed by atoms with Gasteiger partial charge in [-0.05, 0) is 43.7 Å². The van der Waals surface area contributed by atoms with Crippen LogP contribution in [-0.4, -0.2) is 18.6 Å². The number of para-hydroxylation sites is 1. The molecule has 0 spiro atoms. The molecule has 2 aromatic carbocycles. The van der Waals surface area contributed by atoms with Gasteiger partial charge in [0.25, 0.3) is 0 Å². The van der Waals surface area contributed by atoms with Crippen LogP contribution in [0.5, 0.6) is 0 Å². The van der Waals surface area contributed by atoms with Gasteiger partial charge in [0.1, 0.15) is 0 Å². The molecule has 0 unspecified atom stereocenters. The van der Waals surface area contributed by atoms with E-state index < -0.39 is 12.0 Å². The van der Waals surface area contributed by atoms with E-state index in [1.807, 2.05) is 18.2 Å². The molecule has 2 amide bonds. The van der Waals surface area contributed by atoms with E-state index in [0.29, 0.717) is 28.1 Å². The fraction of sp³-hybridized carbons (Fsp3) is 0.190. The van der Waals surface area contributed by atoms with Gasteiger partial charge < -0.3 is 10.1 Å². The average molecular weight is 361 g/mol. The maximum atomic E-state index is 12.8. The van der Waals surface area contributed by atoms with E-state index >= 15 is 0 Å². The highest BCUT2D eigenvalue weighted by Crippen LogP contribution is 2.34. The smallest absolute Gasteiger partial charge is 0.338 e. The van der Waals surface area contributed by atoms with Crippen LogP contribution >= 0.6 is 0 Å². The molecular weight excluding hydrogens is 342 g/mol. The molecule has 0 aromatic heterocycles. The van der Waals surface area contributed by atoms with Crippen LogP contribution < -0.4 is 10.2 Å². The maximum absolute atomic E-state index is 12.8. The summed E-state index contributed by atoms with van der Waals surface area (Å²) in [5.74, 6) is -0.481. The van der Waals surface area contributed by atoms with E-state index in [4.69, 9.17) is 10.00 Å². The number of urea groups is 1. The molecule has 1 heterocycles. The number of amides is 2. The number of rotatable bonds is 4. The van der Waals surface area contributed by atoms with E-state index in [-0.39, 0.29) is 12.6 Å². The summed E-state index contributed by atoms with van der Waals surface area (Å²) in [6.07, 6.45) is 0. The van der Waals surface area contributed by atoms with Crippen molar-refractivity contribution in [2.75, 3.05) is 11.5 Å². The number of carbonyl (C=O) groups is 2. The highest BCUT2D eigenvalue weighted by Gasteiger charge is 2.37. The van der Waals surface area contributed by atoms with E-state index in [1.165, 1.54) is 4.90 Å². The lowest BCUT2D eigenvalue weighted by molar-refractivity contribution is -0.139. The minimum absolute atomic E-state index is 0.231. The van der Waals surface area contributed by atoms with Crippen molar-refractivity contribution in [2.45, 2.75) is 19.9 Å². The monoisotopic (exact) mass is 361 g/mol. The molecule has 0 radical (unpaired) electrons. The molecule has 0 aliphatic carbocycles. The molecule has 2 aromatic rings. The third-order valence-corrected chi connectivity index (χ3v) is 4.37. The highest BCUT2D eigenvalue weighted by atomic mass is 16.5. The number of nitrogens with one attached hydrogen (secondary N) is 1. The number of nitrogens with zero attached hydrogens (tertiary/aromatic N) is 2. The van der Waals surface area contributed by atoms with Crippen LogP contribution in [0, 0.1) is 11.3 Å². The standard InChI is InChI=1S/C21H19N3O3/c1-3-27-20(25)18-14(2)24(17-7-5-4-6-8-17)21(26)23-19(18)16-11-9-15(13-22)10-12-16/h4-12,19H,3H2,1-2H3,(H,23,26)/t19-/m0/s1. The van der Waals surface area contributed by atoms with E-state index in [9.17, 15) is 9.59 Å². The van der Waals surface area contributed by atoms with Crippen molar-refractivity contribution < 1.29 is 14.3 Å². The summed E-state index contributed by atoms with van der Waals surface area (Å²) in [5.41, 5.74) is 2.75. The predicted octanol–water partition coefficient (Wildman–Crippen LogP) is 3.67. The molecule has 6 nitrogen and oxygen atoms in total. The van der Waals surface area contributed by atoms with Crippen LogP contribution in [0.2, 0.25) is 0 Å². The molecule has 0 bridgehead atoms. The van der Waals surface area contributed by atoms with Gasteiger partial charge in [0.05, 0.1) is 35.5 Å². The Morgan fingerprint density at radius 3 is 2.44 bits per heavy atom. The SMILES string of the molecule is CCOC(=O)C1=C(C)N(c2ccccc2)C(=O)N[C@H]1c1ccc(C#N)cc1. The van der Waals surface area contributed by atoms with Crippen molar-refractivity contribution in [3.05, 3.63) is 77.0 Å². The Labute approximate surface area is 157 Å². The number of esters is 1. The van der Waals surface area contributed by atoms with Crippen LogP contribution in [0.25, 0.3) is 0 Å². The van der Waals surface area contributed by atoms with Crippen molar-refractivity contribution in [1.29, 1.82) is 5.26 Å². The largest absolute Gasteiger partial charge is 0.463 e. The van der Waals surface area contributed by atoms with Gasteiger partial charge in [-0.2, -0.15) is 5.26 Å². The van der Waals surface area contributed by atoms with Gasteiger partial charge in [0.2, 0.25) is 0 Å². The van der Waals surface area contributed by atoms with Gasteiger partial charge in [0, 0.05) is 5.70 Å². The average Bonchev–Trinajstić information content (AvgIpc) is 2.68. The molecule has 0 saturated heterocycles. The quantitative estimate of drug-likeness (QED) is 0.843. The lowest BCUT2D eigenvalue weighted by Crippen LogP contribution is -2.48. The number of carbonyl (C=O) groups excluding carboxylic acids is 2. The molecule has 136 valence electrons. The van der Waals surface area contributed by atoms with E-state index in [0.717, 1.165) is 0 Å². The van der Waals surface area contributed by atoms with Gasteiger partial charge in [0.15, 0.2) is 0 Å². The highest BCUT2D eigenvalue weighted by molar-refractivity contribution is 6.03. The first kappa shape index (κ1) is 18.2. The molecular formula is C21H19N3O3. The Balaban J connectivity index is 2.11. The van der Waals surface area contributed by atoms with Gasteiger partial charge in [-0.15, -0.1) is 0 Å². The number of benzene rings is 2. The zero-order valence-corrected chi connectivity index (χ0v) is 15.1. The minimum atomic E-state index is -0.649. The summed E-state index contributed by atoms with van der Waals surface area (Å²) < 4.78 is 5.24. The lowest BCUT2D eigenvalue weighted by Gasteiger charge is -2.35. The van der Waals surface area contributed by atoms with Gasteiger partial charge in [-0.1, -0.05) is 30.3 Å². The molecule has 0 fully saturated rings. The van der Waals surface area contributed by atoms with Gasteiger partial charge >= 0.3 is 12.0 Å². The Bertz CT molecular complexity index is 927. The minimum Gasteiger partial charge on any atom is -0.463 e. The van der Waals surface area contributed by atoms with Crippen molar-refractivity contribution in [1.82, 2.24) is 5.32 Å². The Morgan fingerprint density at radius 1 is 1.19 bits per heavy atom. The third-order valence-electron chi connectivity index (χ3n) is 4.37. The molecule has 1 aliphatic rings. The summed E-state index contributed by atoms with van der Waals surface area (Å²) in [6.45, 7) is 3.70. The number of allylic oxidation sites excluding steroid dienone is 1. The van der Waals surface area contributed by atoms with Crippen molar-refractivity contribution in [2.24, 2.45) is 0 Å². The first-order chi connectivity index (χ1) is 13.1. The van der Waals surface area contributed by atoms with E-state index in [2.05, 4.69) is 11.4 Å². The number of ether oxygens (including phenoxy) is 1. The number of hydrogen-bond acceptors (Lipinski definition) is 4. The summed E-state index contributed by atoms with van der Waals surface area (Å²) in [6, 6.07) is 17.0. The summed E-state index contributed by atoms with van der Waals surface area (Å²) >= 11 is 0. The molecule has 1 aliphatic heterocycles. The summed E-state index contributed by atoms with van der Waals surface area (Å²) in [7, 11) is 0. The van der Waals surface area contributed by atoms with Crippen LogP contribution in [0.4, 0.5) is 10.5 Å². The van der Waals surface area contributed by atoms with E-state index in [1.54, 1.807) is 50.2 Å². The first-order valence-electron chi connectivity index (χ1n) is 8.60. The number of nitriles is 1. The topological polar surface area (TPSA) is 82.4 Å². The molecule has 27 heavy (non-hydrogen) atoms. The maximum Gasteiger partial charge on any atom is 0.338 e. The second-order valence-electron chi connectivity index (χ2n) is 6.01. The normalized spacial score (nSPS) is 16.6. The first-order valence-corrected chi connectivity index (χ1v) is 8.60. The summed E-state index contributed by atoms with van der Waals surface area (Å²) in [5, 5.41) is 11.9. The fourth-order valence-electron chi connectivity index (χ4n) is 3.10. The summed E-state index contributed by atoms with van der Waals surface area (Å²) in [4.78, 5) is 27.0. The van der Waals surface area contributed by atoms with Gasteiger partial charge in [-0.25, -0.2) is 9.59 Å². The Kier molecular flexibility index (Phi) is 5.23. The molecule has 1 N–H and O–H groups in total. The van der Waals surface area contributed by atoms with Gasteiger partial charge in [-0.3, -0.25) is 4.90 Å². The Morgan fingerprint density at radius 2 is 1.85 bits per heavy atom. The third kappa shape index (κ3) is 3.53. The second-order valence-corrected chi connectivity index (χ2v) is 6.01. The zero-order valence-electron chi connectivity index (χ0n) is 15.1. The Hall–Kier alpha value is -3.59. The van der Waals surface area contributed by atoms with Crippen molar-refractivity contribution in [3.63, 3.8) is 0 Å². The van der Waals surface area contributed by atoms with Crippen LogP contribution in [-0.2, 0) is 9.53 Å². The number of anilines is 1. The second kappa shape index (κ2) is 7.75. The van der Waals surface area contributed by atoms with Crippen LogP contribution in [0.1, 0.15) is 31.0 Å². The van der Waals surface area contributed by atoms with Crippen molar-refractivity contribution in [3.8, 4) is 6.07 Å². The molecule has 0 saturated carbocycles. The fourth-order valence-corrected chi connectivity index (χ4v) is 3.10. The molecule has 6 heteroatoms. The lowest BCUT2D eigenvalue weighted by atomic mass is 9.94. The van der Waals surface area contributed by atoms with Crippen LogP contribution in [0.15, 0.2) is 65.9 Å². The van der Waals surface area contributed by atoms with Crippen molar-refractivity contribution >= 4 is 17.7 Å². The molecule has 3 rings (SSSR count). The number of hydrogen-bond donors (Lipinski definition) is 1. The zero-order chi connectivity index (χ0) is 19.4.